The van der Waals surface area contributed by atoms with Gasteiger partial charge >= 0.3 is 6.09 Å². The standard InChI is InChI=1S/C21H19Cl2N5O3/c22-16-7-6-15(18(23)8-16)10-26-28-20(29)19(9-17-11-24-13-25-17)27-21(30)31-12-14-4-2-1-3-5-14/h1-8,10-11,13,19H,9,12H2,(H,24,25)(H,27,30)(H,28,29)/b26-10-/t19-/m1/s1. The van der Waals surface area contributed by atoms with E-state index in [1.807, 2.05) is 30.3 Å². The normalized spacial score (nSPS) is 11.8. The van der Waals surface area contributed by atoms with E-state index in [0.29, 0.717) is 21.3 Å². The molecule has 1 atom stereocenters. The van der Waals surface area contributed by atoms with E-state index in [1.165, 1.54) is 12.5 Å². The number of nitrogens with zero attached hydrogens (tertiary/aromatic N) is 2. The SMILES string of the molecule is O=C(N[C@H](Cc1cnc[nH]1)C(=O)N/N=C\c1ccc(Cl)cc1Cl)OCc1ccccc1. The average Bonchev–Trinajstić information content (AvgIpc) is 3.27. The van der Waals surface area contributed by atoms with Crippen molar-refractivity contribution in [3.05, 3.63) is 87.9 Å². The van der Waals surface area contributed by atoms with Crippen molar-refractivity contribution in [1.82, 2.24) is 20.7 Å². The Morgan fingerprint density at radius 1 is 1.19 bits per heavy atom. The van der Waals surface area contributed by atoms with Crippen molar-refractivity contribution in [1.29, 1.82) is 0 Å². The maximum atomic E-state index is 12.6. The Kier molecular flexibility index (Phi) is 8.03. The monoisotopic (exact) mass is 459 g/mol. The number of ether oxygens (including phenoxy) is 1. The molecule has 0 saturated heterocycles. The number of imidazole rings is 1. The van der Waals surface area contributed by atoms with E-state index in [4.69, 9.17) is 27.9 Å². The number of hydrogen-bond donors (Lipinski definition) is 3. The number of benzene rings is 2. The highest BCUT2D eigenvalue weighted by molar-refractivity contribution is 6.36. The second kappa shape index (κ2) is 11.1. The molecular formula is C21H19Cl2N5O3. The summed E-state index contributed by atoms with van der Waals surface area (Å²) in [6.07, 6.45) is 3.88. The molecule has 2 amide bonds. The van der Waals surface area contributed by atoms with Gasteiger partial charge in [-0.15, -0.1) is 0 Å². The molecule has 0 fully saturated rings. The summed E-state index contributed by atoms with van der Waals surface area (Å²) in [5.41, 5.74) is 4.47. The molecule has 0 unspecified atom stereocenters. The second-order valence-corrected chi connectivity index (χ2v) is 7.28. The van der Waals surface area contributed by atoms with Crippen LogP contribution in [0.1, 0.15) is 16.8 Å². The lowest BCUT2D eigenvalue weighted by atomic mass is 10.1. The number of amides is 2. The third-order valence-electron chi connectivity index (χ3n) is 4.14. The first-order chi connectivity index (χ1) is 15.0. The zero-order valence-electron chi connectivity index (χ0n) is 16.2. The van der Waals surface area contributed by atoms with Crippen LogP contribution in [0.5, 0.6) is 0 Å². The van der Waals surface area contributed by atoms with Gasteiger partial charge in [-0.1, -0.05) is 59.6 Å². The fourth-order valence-corrected chi connectivity index (χ4v) is 3.04. The van der Waals surface area contributed by atoms with Gasteiger partial charge in [0.25, 0.3) is 5.91 Å². The minimum absolute atomic E-state index is 0.0816. The quantitative estimate of drug-likeness (QED) is 0.352. The Hall–Kier alpha value is -3.36. The maximum Gasteiger partial charge on any atom is 0.408 e. The third-order valence-corrected chi connectivity index (χ3v) is 4.70. The van der Waals surface area contributed by atoms with Crippen molar-refractivity contribution >= 4 is 41.4 Å². The highest BCUT2D eigenvalue weighted by Gasteiger charge is 2.22. The van der Waals surface area contributed by atoms with Crippen molar-refractivity contribution in [2.45, 2.75) is 19.1 Å². The van der Waals surface area contributed by atoms with Crippen molar-refractivity contribution in [3.63, 3.8) is 0 Å². The van der Waals surface area contributed by atoms with Crippen LogP contribution < -0.4 is 10.7 Å². The van der Waals surface area contributed by atoms with Crippen molar-refractivity contribution in [3.8, 4) is 0 Å². The summed E-state index contributed by atoms with van der Waals surface area (Å²) in [4.78, 5) is 31.7. The number of aromatic nitrogens is 2. The molecule has 0 bridgehead atoms. The average molecular weight is 460 g/mol. The van der Waals surface area contributed by atoms with Crippen LogP contribution in [0.25, 0.3) is 0 Å². The number of hydrogen-bond acceptors (Lipinski definition) is 5. The van der Waals surface area contributed by atoms with Gasteiger partial charge in [-0.05, 0) is 17.7 Å². The molecular weight excluding hydrogens is 441 g/mol. The second-order valence-electron chi connectivity index (χ2n) is 6.44. The van der Waals surface area contributed by atoms with Crippen molar-refractivity contribution < 1.29 is 14.3 Å². The lowest BCUT2D eigenvalue weighted by Crippen LogP contribution is -2.47. The van der Waals surface area contributed by atoms with Crippen LogP contribution in [-0.4, -0.2) is 34.2 Å². The highest BCUT2D eigenvalue weighted by atomic mass is 35.5. The fraction of sp³-hybridized carbons (Fsp3) is 0.143. The van der Waals surface area contributed by atoms with E-state index in [9.17, 15) is 9.59 Å². The molecule has 0 aliphatic carbocycles. The minimum atomic E-state index is -0.943. The first kappa shape index (κ1) is 22.3. The first-order valence-corrected chi connectivity index (χ1v) is 9.99. The molecule has 0 spiro atoms. The van der Waals surface area contributed by atoms with Crippen molar-refractivity contribution in [2.24, 2.45) is 5.10 Å². The molecule has 0 aliphatic rings. The number of alkyl carbamates (subject to hydrolysis) is 1. The summed E-state index contributed by atoms with van der Waals surface area (Å²) in [6.45, 7) is 0.0816. The Balaban J connectivity index is 1.61. The van der Waals surface area contributed by atoms with Crippen LogP contribution in [0, 0.1) is 0 Å². The highest BCUT2D eigenvalue weighted by Crippen LogP contribution is 2.19. The number of aromatic amines is 1. The van der Waals surface area contributed by atoms with Crippen LogP contribution in [0.3, 0.4) is 0 Å². The number of rotatable bonds is 8. The van der Waals surface area contributed by atoms with Gasteiger partial charge in [0.15, 0.2) is 0 Å². The summed E-state index contributed by atoms with van der Waals surface area (Å²) in [6, 6.07) is 13.2. The molecule has 31 heavy (non-hydrogen) atoms. The van der Waals surface area contributed by atoms with Gasteiger partial charge in [0.05, 0.1) is 17.6 Å². The maximum absolute atomic E-state index is 12.6. The lowest BCUT2D eigenvalue weighted by molar-refractivity contribution is -0.123. The van der Waals surface area contributed by atoms with E-state index in [2.05, 4.69) is 25.8 Å². The van der Waals surface area contributed by atoms with E-state index < -0.39 is 18.0 Å². The molecule has 160 valence electrons. The number of carbonyl (C=O) groups is 2. The van der Waals surface area contributed by atoms with E-state index in [-0.39, 0.29) is 13.0 Å². The summed E-state index contributed by atoms with van der Waals surface area (Å²) in [5.74, 6) is -0.535. The number of halogens is 2. The van der Waals surface area contributed by atoms with Gasteiger partial charge in [0.2, 0.25) is 0 Å². The van der Waals surface area contributed by atoms with Crippen LogP contribution in [-0.2, 0) is 22.6 Å². The predicted octanol–water partition coefficient (Wildman–Crippen LogP) is 3.70. The number of H-pyrrole nitrogens is 1. The number of carbonyl (C=O) groups excluding carboxylic acids is 2. The largest absolute Gasteiger partial charge is 0.445 e. The first-order valence-electron chi connectivity index (χ1n) is 9.23. The zero-order chi connectivity index (χ0) is 22.1. The van der Waals surface area contributed by atoms with Crippen LogP contribution in [0.15, 0.2) is 66.2 Å². The summed E-state index contributed by atoms with van der Waals surface area (Å²) in [5, 5.41) is 7.35. The molecule has 3 rings (SSSR count). The van der Waals surface area contributed by atoms with Crippen LogP contribution in [0.2, 0.25) is 10.0 Å². The molecule has 0 aliphatic heterocycles. The molecule has 3 N–H and O–H groups in total. The van der Waals surface area contributed by atoms with E-state index >= 15 is 0 Å². The molecule has 2 aromatic carbocycles. The molecule has 0 radical (unpaired) electrons. The smallest absolute Gasteiger partial charge is 0.408 e. The van der Waals surface area contributed by atoms with Gasteiger partial charge in [-0.3, -0.25) is 4.79 Å². The van der Waals surface area contributed by atoms with Crippen LogP contribution in [0.4, 0.5) is 4.79 Å². The minimum Gasteiger partial charge on any atom is -0.445 e. The molecule has 8 nitrogen and oxygen atoms in total. The van der Waals surface area contributed by atoms with Gasteiger partial charge in [-0.25, -0.2) is 15.2 Å². The fourth-order valence-electron chi connectivity index (χ4n) is 2.58. The topological polar surface area (TPSA) is 108 Å². The van der Waals surface area contributed by atoms with Gasteiger partial charge in [-0.2, -0.15) is 5.10 Å². The van der Waals surface area contributed by atoms with E-state index in [0.717, 1.165) is 5.56 Å². The van der Waals surface area contributed by atoms with Gasteiger partial charge in [0, 0.05) is 28.9 Å². The Labute approximate surface area is 188 Å². The molecule has 10 heteroatoms. The lowest BCUT2D eigenvalue weighted by Gasteiger charge is -2.16. The Morgan fingerprint density at radius 3 is 2.71 bits per heavy atom. The Bertz CT molecular complexity index is 1040. The Morgan fingerprint density at radius 2 is 2.00 bits per heavy atom. The zero-order valence-corrected chi connectivity index (χ0v) is 17.7. The number of nitrogens with one attached hydrogen (secondary N) is 3. The number of hydrazone groups is 1. The molecule has 1 aromatic heterocycles. The van der Waals surface area contributed by atoms with Crippen molar-refractivity contribution in [2.75, 3.05) is 0 Å². The van der Waals surface area contributed by atoms with E-state index in [1.54, 1.807) is 24.4 Å². The molecule has 1 heterocycles. The van der Waals surface area contributed by atoms with Crippen LogP contribution >= 0.6 is 23.2 Å². The molecule has 0 saturated carbocycles. The summed E-state index contributed by atoms with van der Waals surface area (Å²) < 4.78 is 5.20. The third kappa shape index (κ3) is 7.13. The summed E-state index contributed by atoms with van der Waals surface area (Å²) in [7, 11) is 0. The molecule has 3 aromatic rings. The predicted molar refractivity (Wildman–Crippen MR) is 118 cm³/mol. The summed E-state index contributed by atoms with van der Waals surface area (Å²) >= 11 is 11.9. The van der Waals surface area contributed by atoms with Gasteiger partial charge < -0.3 is 15.0 Å². The van der Waals surface area contributed by atoms with Gasteiger partial charge in [0.1, 0.15) is 12.6 Å².